The predicted molar refractivity (Wildman–Crippen MR) is 106 cm³/mol. The highest BCUT2D eigenvalue weighted by Gasteiger charge is 2.47. The van der Waals surface area contributed by atoms with Crippen LogP contribution in [0.25, 0.3) is 0 Å². The molecule has 1 amide bonds. The molecule has 0 bridgehead atoms. The van der Waals surface area contributed by atoms with E-state index in [1.54, 1.807) is 11.2 Å². The van der Waals surface area contributed by atoms with Crippen molar-refractivity contribution in [1.29, 1.82) is 0 Å². The first kappa shape index (κ1) is 18.9. The summed E-state index contributed by atoms with van der Waals surface area (Å²) in [6.07, 6.45) is 5.54. The molecule has 0 N–H and O–H groups in total. The third-order valence-corrected chi connectivity index (χ3v) is 8.81. The molecule has 2 heterocycles. The molecule has 0 radical (unpaired) electrons. The smallest absolute Gasteiger partial charge is 0.223 e. The van der Waals surface area contributed by atoms with Crippen molar-refractivity contribution in [3.05, 3.63) is 35.4 Å². The van der Waals surface area contributed by atoms with Crippen LogP contribution in [0.2, 0.25) is 0 Å². The first-order valence-electron chi connectivity index (χ1n) is 10.3. The minimum atomic E-state index is -3.12. The van der Waals surface area contributed by atoms with Crippen molar-refractivity contribution in [3.63, 3.8) is 0 Å². The van der Waals surface area contributed by atoms with Crippen molar-refractivity contribution in [2.24, 2.45) is 0 Å². The van der Waals surface area contributed by atoms with Gasteiger partial charge in [0.15, 0.2) is 0 Å². The van der Waals surface area contributed by atoms with Crippen molar-refractivity contribution >= 4 is 15.9 Å². The van der Waals surface area contributed by atoms with Gasteiger partial charge in [0.1, 0.15) is 0 Å². The van der Waals surface area contributed by atoms with Gasteiger partial charge in [0.2, 0.25) is 15.9 Å². The van der Waals surface area contributed by atoms with Crippen LogP contribution < -0.4 is 0 Å². The van der Waals surface area contributed by atoms with Gasteiger partial charge in [-0.05, 0) is 61.5 Å². The van der Waals surface area contributed by atoms with E-state index in [1.165, 1.54) is 11.1 Å². The topological polar surface area (TPSA) is 57.7 Å². The molecule has 1 aromatic carbocycles. The summed E-state index contributed by atoms with van der Waals surface area (Å²) in [4.78, 5) is 14.8. The average molecular weight is 391 g/mol. The zero-order valence-corrected chi connectivity index (χ0v) is 17.0. The van der Waals surface area contributed by atoms with Crippen LogP contribution in [-0.2, 0) is 20.2 Å². The Bertz CT molecular complexity index is 806. The van der Waals surface area contributed by atoms with Gasteiger partial charge < -0.3 is 4.90 Å². The molecule has 6 heteroatoms. The molecule has 2 saturated heterocycles. The van der Waals surface area contributed by atoms with Crippen LogP contribution in [-0.4, -0.2) is 55.5 Å². The molecule has 1 unspecified atom stereocenters. The van der Waals surface area contributed by atoms with Crippen LogP contribution in [0.4, 0.5) is 0 Å². The molecule has 2 fully saturated rings. The van der Waals surface area contributed by atoms with Crippen LogP contribution in [0.15, 0.2) is 24.3 Å². The molecular weight excluding hydrogens is 360 g/mol. The highest BCUT2D eigenvalue weighted by Crippen LogP contribution is 2.53. The largest absolute Gasteiger partial charge is 0.343 e. The number of hydrogen-bond acceptors (Lipinski definition) is 3. The fourth-order valence-corrected chi connectivity index (χ4v) is 6.47. The molecule has 1 aliphatic carbocycles. The van der Waals surface area contributed by atoms with E-state index in [0.717, 1.165) is 45.2 Å². The monoisotopic (exact) mass is 390 g/mol. The molecule has 1 aromatic rings. The summed E-state index contributed by atoms with van der Waals surface area (Å²) in [6.45, 7) is 4.71. The molecule has 4 rings (SSSR count). The Hall–Kier alpha value is -1.40. The standard InChI is InChI=1S/C21H30N2O3S/c1-2-27(25,26)23-13-9-21(10-14-23)16-17(18-7-3-4-8-19(18)21)15-20(24)22-11-5-6-12-22/h3-4,7-8,17H,2,5-6,9-16H2,1H3. The summed E-state index contributed by atoms with van der Waals surface area (Å²) in [7, 11) is -3.12. The van der Waals surface area contributed by atoms with E-state index in [0.29, 0.717) is 19.5 Å². The van der Waals surface area contributed by atoms with E-state index in [9.17, 15) is 13.2 Å². The van der Waals surface area contributed by atoms with Gasteiger partial charge in [-0.2, -0.15) is 0 Å². The van der Waals surface area contributed by atoms with E-state index in [4.69, 9.17) is 0 Å². The van der Waals surface area contributed by atoms with Crippen LogP contribution >= 0.6 is 0 Å². The molecule has 148 valence electrons. The van der Waals surface area contributed by atoms with Crippen LogP contribution in [0.3, 0.4) is 0 Å². The number of fused-ring (bicyclic) bond motifs is 2. The van der Waals surface area contributed by atoms with Crippen molar-refractivity contribution < 1.29 is 13.2 Å². The molecule has 27 heavy (non-hydrogen) atoms. The van der Waals surface area contributed by atoms with Gasteiger partial charge in [0.25, 0.3) is 0 Å². The van der Waals surface area contributed by atoms with E-state index in [2.05, 4.69) is 24.3 Å². The number of piperidine rings is 1. The molecule has 0 saturated carbocycles. The maximum Gasteiger partial charge on any atom is 0.223 e. The first-order valence-corrected chi connectivity index (χ1v) is 11.9. The molecule has 2 aliphatic heterocycles. The quantitative estimate of drug-likeness (QED) is 0.794. The Morgan fingerprint density at radius 3 is 2.44 bits per heavy atom. The normalized spacial score (nSPS) is 25.1. The maximum absolute atomic E-state index is 12.7. The number of carbonyl (C=O) groups is 1. The lowest BCUT2D eigenvalue weighted by Crippen LogP contribution is -2.44. The number of sulfonamides is 1. The zero-order valence-electron chi connectivity index (χ0n) is 16.2. The predicted octanol–water partition coefficient (Wildman–Crippen LogP) is 2.87. The Kier molecular flexibility index (Phi) is 5.06. The lowest BCUT2D eigenvalue weighted by molar-refractivity contribution is -0.130. The van der Waals surface area contributed by atoms with Crippen molar-refractivity contribution in [2.45, 2.75) is 56.8 Å². The van der Waals surface area contributed by atoms with Gasteiger partial charge in [0.05, 0.1) is 5.75 Å². The number of nitrogens with zero attached hydrogens (tertiary/aromatic N) is 2. The summed E-state index contributed by atoms with van der Waals surface area (Å²) >= 11 is 0. The van der Waals surface area contributed by atoms with Crippen molar-refractivity contribution in [2.75, 3.05) is 31.9 Å². The number of hydrogen-bond donors (Lipinski definition) is 0. The van der Waals surface area contributed by atoms with Crippen molar-refractivity contribution in [3.8, 4) is 0 Å². The summed E-state index contributed by atoms with van der Waals surface area (Å²) in [5.41, 5.74) is 2.71. The Labute approximate surface area is 162 Å². The first-order chi connectivity index (χ1) is 13.0. The number of carbonyl (C=O) groups excluding carboxylic acids is 1. The molecular formula is C21H30N2O3S. The lowest BCUT2D eigenvalue weighted by atomic mass is 9.73. The SMILES string of the molecule is CCS(=O)(=O)N1CCC2(CC1)CC(CC(=O)N1CCCC1)c1ccccc12. The zero-order chi connectivity index (χ0) is 19.1. The molecule has 1 atom stereocenters. The molecule has 5 nitrogen and oxygen atoms in total. The summed E-state index contributed by atoms with van der Waals surface area (Å²) in [5, 5.41) is 0. The molecule has 0 aromatic heterocycles. The van der Waals surface area contributed by atoms with E-state index in [1.807, 2.05) is 4.90 Å². The minimum Gasteiger partial charge on any atom is -0.343 e. The Morgan fingerprint density at radius 1 is 1.11 bits per heavy atom. The van der Waals surface area contributed by atoms with Gasteiger partial charge in [-0.3, -0.25) is 4.79 Å². The van der Waals surface area contributed by atoms with Gasteiger partial charge >= 0.3 is 0 Å². The number of likely N-dealkylation sites (tertiary alicyclic amines) is 1. The maximum atomic E-state index is 12.7. The number of benzene rings is 1. The van der Waals surface area contributed by atoms with Gasteiger partial charge in [-0.15, -0.1) is 0 Å². The Morgan fingerprint density at radius 2 is 1.78 bits per heavy atom. The fraction of sp³-hybridized carbons (Fsp3) is 0.667. The second-order valence-electron chi connectivity index (χ2n) is 8.36. The van der Waals surface area contributed by atoms with E-state index < -0.39 is 10.0 Å². The van der Waals surface area contributed by atoms with Gasteiger partial charge in [-0.25, -0.2) is 12.7 Å². The fourth-order valence-electron chi connectivity index (χ4n) is 5.36. The van der Waals surface area contributed by atoms with Gasteiger partial charge in [-0.1, -0.05) is 24.3 Å². The van der Waals surface area contributed by atoms with Crippen LogP contribution in [0.5, 0.6) is 0 Å². The second kappa shape index (κ2) is 7.21. The van der Waals surface area contributed by atoms with Crippen LogP contribution in [0.1, 0.15) is 62.5 Å². The number of amides is 1. The lowest BCUT2D eigenvalue weighted by Gasteiger charge is -2.39. The minimum absolute atomic E-state index is 0.0340. The highest BCUT2D eigenvalue weighted by atomic mass is 32.2. The third kappa shape index (κ3) is 3.42. The molecule has 1 spiro atoms. The van der Waals surface area contributed by atoms with Gasteiger partial charge in [0, 0.05) is 32.6 Å². The average Bonchev–Trinajstić information content (AvgIpc) is 3.31. The highest BCUT2D eigenvalue weighted by molar-refractivity contribution is 7.89. The Balaban J connectivity index is 1.53. The number of rotatable bonds is 4. The second-order valence-corrected chi connectivity index (χ2v) is 10.6. The summed E-state index contributed by atoms with van der Waals surface area (Å²) in [5.74, 6) is 0.725. The summed E-state index contributed by atoms with van der Waals surface area (Å²) < 4.78 is 26.1. The van der Waals surface area contributed by atoms with E-state index in [-0.39, 0.29) is 23.0 Å². The molecule has 3 aliphatic rings. The third-order valence-electron chi connectivity index (χ3n) is 6.93. The summed E-state index contributed by atoms with van der Waals surface area (Å²) in [6, 6.07) is 8.54. The van der Waals surface area contributed by atoms with Crippen molar-refractivity contribution in [1.82, 2.24) is 9.21 Å². The van der Waals surface area contributed by atoms with Crippen LogP contribution in [0, 0.1) is 0 Å². The van der Waals surface area contributed by atoms with E-state index >= 15 is 0 Å².